The fourth-order valence-electron chi connectivity index (χ4n) is 2.82. The van der Waals surface area contributed by atoms with E-state index in [2.05, 4.69) is 4.84 Å². The predicted octanol–water partition coefficient (Wildman–Crippen LogP) is 1.87. The van der Waals surface area contributed by atoms with Crippen molar-refractivity contribution in [1.82, 2.24) is 0 Å². The van der Waals surface area contributed by atoms with Crippen LogP contribution >= 0.6 is 0 Å². The molecule has 0 aromatic heterocycles. The molecule has 2 rings (SSSR count). The third-order valence-corrected chi connectivity index (χ3v) is 3.83. The molecule has 1 atom stereocenters. The highest BCUT2D eigenvalue weighted by molar-refractivity contribution is 5.81. The highest BCUT2D eigenvalue weighted by Gasteiger charge is 2.47. The molecule has 0 saturated heterocycles. The van der Waals surface area contributed by atoms with Gasteiger partial charge in [0.25, 0.3) is 0 Å². The molecule has 98 valence electrons. The smallest absolute Gasteiger partial charge is 0.361 e. The topological polar surface area (TPSA) is 72.5 Å². The van der Waals surface area contributed by atoms with Gasteiger partial charge in [-0.2, -0.15) is 5.90 Å². The lowest BCUT2D eigenvalue weighted by atomic mass is 9.73. The summed E-state index contributed by atoms with van der Waals surface area (Å²) in [5, 5.41) is 10.8. The van der Waals surface area contributed by atoms with Crippen LogP contribution in [0.2, 0.25) is 0 Å². The van der Waals surface area contributed by atoms with E-state index in [1.165, 1.54) is 0 Å². The Kier molecular flexibility index (Phi) is 3.99. The summed E-state index contributed by atoms with van der Waals surface area (Å²) >= 11 is 0. The molecule has 1 aliphatic carbocycles. The number of benzene rings is 1. The Morgan fingerprint density at radius 2 is 1.83 bits per heavy atom. The van der Waals surface area contributed by atoms with Gasteiger partial charge in [0.1, 0.15) is 0 Å². The van der Waals surface area contributed by atoms with Crippen LogP contribution in [0.1, 0.15) is 37.7 Å². The van der Waals surface area contributed by atoms with Gasteiger partial charge in [0.15, 0.2) is 5.60 Å². The fourth-order valence-corrected chi connectivity index (χ4v) is 2.82. The van der Waals surface area contributed by atoms with Crippen LogP contribution < -0.4 is 5.90 Å². The van der Waals surface area contributed by atoms with Crippen molar-refractivity contribution >= 4 is 5.97 Å². The maximum atomic E-state index is 11.9. The average Bonchev–Trinajstić information content (AvgIpc) is 2.47. The van der Waals surface area contributed by atoms with E-state index in [1.807, 2.05) is 6.07 Å². The number of aliphatic hydroxyl groups is 1. The van der Waals surface area contributed by atoms with Crippen LogP contribution in [0.4, 0.5) is 0 Å². The standard InChI is InChI=1S/C14H19NO3/c15-18-13(16)14(17,11-7-3-1-4-8-11)12-9-5-2-6-10-12/h1,3-4,7-8,12,17H,2,5-6,9-10,15H2/t14-/m1/s1. The van der Waals surface area contributed by atoms with Gasteiger partial charge in [0, 0.05) is 5.92 Å². The maximum absolute atomic E-state index is 11.9. The summed E-state index contributed by atoms with van der Waals surface area (Å²) in [6.45, 7) is 0. The van der Waals surface area contributed by atoms with Crippen molar-refractivity contribution in [2.24, 2.45) is 11.8 Å². The largest absolute Gasteiger partial charge is 0.374 e. The first kappa shape index (κ1) is 13.1. The molecular weight excluding hydrogens is 230 g/mol. The second kappa shape index (κ2) is 5.50. The van der Waals surface area contributed by atoms with Gasteiger partial charge < -0.3 is 9.94 Å². The van der Waals surface area contributed by atoms with Gasteiger partial charge in [-0.05, 0) is 18.4 Å². The molecule has 3 N–H and O–H groups in total. The van der Waals surface area contributed by atoms with Gasteiger partial charge in [-0.15, -0.1) is 0 Å². The molecule has 1 aromatic rings. The fraction of sp³-hybridized carbons (Fsp3) is 0.500. The summed E-state index contributed by atoms with van der Waals surface area (Å²) < 4.78 is 0. The lowest BCUT2D eigenvalue weighted by Gasteiger charge is -2.36. The van der Waals surface area contributed by atoms with Crippen molar-refractivity contribution in [2.75, 3.05) is 0 Å². The number of hydrogen-bond donors (Lipinski definition) is 2. The van der Waals surface area contributed by atoms with Crippen molar-refractivity contribution in [3.63, 3.8) is 0 Å². The zero-order valence-corrected chi connectivity index (χ0v) is 10.3. The van der Waals surface area contributed by atoms with Crippen LogP contribution in [0.25, 0.3) is 0 Å². The van der Waals surface area contributed by atoms with Crippen molar-refractivity contribution in [2.45, 2.75) is 37.7 Å². The molecule has 4 heteroatoms. The molecule has 0 amide bonds. The van der Waals surface area contributed by atoms with E-state index in [0.29, 0.717) is 5.56 Å². The van der Waals surface area contributed by atoms with Gasteiger partial charge in [0.2, 0.25) is 0 Å². The molecule has 18 heavy (non-hydrogen) atoms. The minimum atomic E-state index is -1.61. The molecule has 0 unspecified atom stereocenters. The summed E-state index contributed by atoms with van der Waals surface area (Å²) in [6.07, 6.45) is 4.84. The van der Waals surface area contributed by atoms with E-state index in [9.17, 15) is 9.90 Å². The highest BCUT2D eigenvalue weighted by Crippen LogP contribution is 2.40. The van der Waals surface area contributed by atoms with Crippen molar-refractivity contribution < 1.29 is 14.7 Å². The first-order valence-corrected chi connectivity index (χ1v) is 6.38. The van der Waals surface area contributed by atoms with Crippen LogP contribution in [-0.4, -0.2) is 11.1 Å². The summed E-state index contributed by atoms with van der Waals surface area (Å²) in [6, 6.07) is 8.93. The third-order valence-electron chi connectivity index (χ3n) is 3.83. The average molecular weight is 249 g/mol. The van der Waals surface area contributed by atoms with Crippen LogP contribution in [0.5, 0.6) is 0 Å². The molecule has 0 bridgehead atoms. The number of nitrogens with two attached hydrogens (primary N) is 1. The number of carbonyl (C=O) groups excluding carboxylic acids is 1. The molecule has 0 radical (unpaired) electrons. The predicted molar refractivity (Wildman–Crippen MR) is 67.2 cm³/mol. The Bertz CT molecular complexity index is 401. The highest BCUT2D eigenvalue weighted by atomic mass is 16.7. The van der Waals surface area contributed by atoms with E-state index >= 15 is 0 Å². The summed E-state index contributed by atoms with van der Waals surface area (Å²) in [7, 11) is 0. The van der Waals surface area contributed by atoms with Gasteiger partial charge >= 0.3 is 5.97 Å². The van der Waals surface area contributed by atoms with Crippen LogP contribution in [0.3, 0.4) is 0 Å². The Hall–Kier alpha value is -1.39. The van der Waals surface area contributed by atoms with Gasteiger partial charge in [-0.25, -0.2) is 4.79 Å². The normalized spacial score (nSPS) is 20.1. The zero-order chi connectivity index (χ0) is 13.0. The van der Waals surface area contributed by atoms with Crippen LogP contribution in [0.15, 0.2) is 30.3 Å². The summed E-state index contributed by atoms with van der Waals surface area (Å²) in [5.41, 5.74) is -1.05. The minimum absolute atomic E-state index is 0.121. The van der Waals surface area contributed by atoms with E-state index in [-0.39, 0.29) is 5.92 Å². The molecule has 0 aliphatic heterocycles. The van der Waals surface area contributed by atoms with E-state index in [0.717, 1.165) is 32.1 Å². The molecule has 1 saturated carbocycles. The van der Waals surface area contributed by atoms with Crippen LogP contribution in [-0.2, 0) is 15.2 Å². The van der Waals surface area contributed by atoms with Crippen LogP contribution in [0, 0.1) is 5.92 Å². The molecular formula is C14H19NO3. The Labute approximate surface area is 107 Å². The second-order valence-corrected chi connectivity index (χ2v) is 4.87. The molecule has 1 aromatic carbocycles. The molecule has 0 heterocycles. The second-order valence-electron chi connectivity index (χ2n) is 4.87. The van der Waals surface area contributed by atoms with Crippen molar-refractivity contribution in [3.05, 3.63) is 35.9 Å². The lowest BCUT2D eigenvalue weighted by Crippen LogP contribution is -2.46. The first-order valence-electron chi connectivity index (χ1n) is 6.38. The minimum Gasteiger partial charge on any atom is -0.374 e. The van der Waals surface area contributed by atoms with E-state index in [4.69, 9.17) is 5.90 Å². The molecule has 1 fully saturated rings. The molecule has 0 spiro atoms. The summed E-state index contributed by atoms with van der Waals surface area (Å²) in [5.74, 6) is 4.11. The van der Waals surface area contributed by atoms with E-state index < -0.39 is 11.6 Å². The van der Waals surface area contributed by atoms with Gasteiger partial charge in [0.05, 0.1) is 0 Å². The molecule has 4 nitrogen and oxygen atoms in total. The first-order chi connectivity index (χ1) is 8.69. The third kappa shape index (κ3) is 2.26. The SMILES string of the molecule is NOC(=O)[C@@](O)(c1ccccc1)C1CCCCC1. The number of hydrogen-bond acceptors (Lipinski definition) is 4. The number of carbonyl (C=O) groups is 1. The monoisotopic (exact) mass is 249 g/mol. The van der Waals surface area contributed by atoms with Gasteiger partial charge in [-0.3, -0.25) is 0 Å². The Balaban J connectivity index is 2.36. The lowest BCUT2D eigenvalue weighted by molar-refractivity contribution is -0.176. The number of rotatable bonds is 3. The zero-order valence-electron chi connectivity index (χ0n) is 10.3. The van der Waals surface area contributed by atoms with Gasteiger partial charge in [-0.1, -0.05) is 49.6 Å². The van der Waals surface area contributed by atoms with E-state index in [1.54, 1.807) is 24.3 Å². The Morgan fingerprint density at radius 3 is 2.39 bits per heavy atom. The van der Waals surface area contributed by atoms with Crippen molar-refractivity contribution in [1.29, 1.82) is 0 Å². The Morgan fingerprint density at radius 1 is 1.22 bits per heavy atom. The maximum Gasteiger partial charge on any atom is 0.361 e. The summed E-state index contributed by atoms with van der Waals surface area (Å²) in [4.78, 5) is 16.3. The van der Waals surface area contributed by atoms with Crippen molar-refractivity contribution in [3.8, 4) is 0 Å². The quantitative estimate of drug-likeness (QED) is 0.802. The molecule has 1 aliphatic rings.